The van der Waals surface area contributed by atoms with Crippen LogP contribution in [0, 0.1) is 22.7 Å². The molecule has 1 aromatic heterocycles. The lowest BCUT2D eigenvalue weighted by molar-refractivity contribution is 0.431. The SMILES string of the molecule is N#C[C@H]1C(=N)Oc2c(c(=O)oc3ccccc23)[C@@H]1c1ccc(Br)cc1. The Balaban J connectivity index is 2.06. The van der Waals surface area contributed by atoms with E-state index in [1.807, 2.05) is 24.3 Å². The number of ether oxygens (including phenoxy) is 1. The highest BCUT2D eigenvalue weighted by Gasteiger charge is 2.40. The fourth-order valence-electron chi connectivity index (χ4n) is 3.17. The number of rotatable bonds is 1. The van der Waals surface area contributed by atoms with E-state index >= 15 is 0 Å². The molecule has 3 aromatic rings. The minimum atomic E-state index is -0.891. The van der Waals surface area contributed by atoms with Crippen molar-refractivity contribution < 1.29 is 9.15 Å². The number of hydrogen-bond donors (Lipinski definition) is 1. The van der Waals surface area contributed by atoms with E-state index in [-0.39, 0.29) is 11.5 Å². The first-order chi connectivity index (χ1) is 12.1. The second kappa shape index (κ2) is 5.87. The van der Waals surface area contributed by atoms with Crippen LogP contribution < -0.4 is 10.4 Å². The minimum absolute atomic E-state index is 0.168. The molecule has 1 aliphatic rings. The highest BCUT2D eigenvalue weighted by atomic mass is 79.9. The number of nitrogens with zero attached hydrogens (tertiary/aromatic N) is 1. The summed E-state index contributed by atoms with van der Waals surface area (Å²) in [5.74, 6) is -1.37. The average molecular weight is 395 g/mol. The molecule has 6 heteroatoms. The van der Waals surface area contributed by atoms with Crippen molar-refractivity contribution in [2.75, 3.05) is 0 Å². The Bertz CT molecular complexity index is 1100. The molecule has 2 aromatic carbocycles. The zero-order valence-electron chi connectivity index (χ0n) is 12.8. The molecule has 0 spiro atoms. The maximum absolute atomic E-state index is 12.7. The molecule has 0 radical (unpaired) electrons. The number of hydrogen-bond acceptors (Lipinski definition) is 5. The van der Waals surface area contributed by atoms with Crippen LogP contribution in [-0.4, -0.2) is 5.90 Å². The van der Waals surface area contributed by atoms with Gasteiger partial charge in [0.2, 0.25) is 5.90 Å². The quantitative estimate of drug-likeness (QED) is 0.626. The van der Waals surface area contributed by atoms with Gasteiger partial charge in [0.1, 0.15) is 11.5 Å². The van der Waals surface area contributed by atoms with Crippen molar-refractivity contribution in [3.63, 3.8) is 0 Å². The Morgan fingerprint density at radius 3 is 2.56 bits per heavy atom. The average Bonchev–Trinajstić information content (AvgIpc) is 2.61. The van der Waals surface area contributed by atoms with Crippen LogP contribution in [-0.2, 0) is 0 Å². The lowest BCUT2D eigenvalue weighted by atomic mass is 9.79. The molecule has 25 heavy (non-hydrogen) atoms. The van der Waals surface area contributed by atoms with Crippen LogP contribution in [0.1, 0.15) is 17.0 Å². The van der Waals surface area contributed by atoms with Crippen LogP contribution in [0.15, 0.2) is 62.2 Å². The number of benzene rings is 2. The molecule has 0 saturated carbocycles. The zero-order valence-corrected chi connectivity index (χ0v) is 14.4. The Morgan fingerprint density at radius 2 is 1.84 bits per heavy atom. The number of para-hydroxylation sites is 1. The van der Waals surface area contributed by atoms with Gasteiger partial charge in [0.25, 0.3) is 0 Å². The highest BCUT2D eigenvalue weighted by molar-refractivity contribution is 9.10. The molecule has 122 valence electrons. The second-order valence-electron chi connectivity index (χ2n) is 5.73. The summed E-state index contributed by atoms with van der Waals surface area (Å²) in [6, 6.07) is 16.4. The first-order valence-corrected chi connectivity index (χ1v) is 8.36. The van der Waals surface area contributed by atoms with E-state index in [1.54, 1.807) is 24.3 Å². The van der Waals surface area contributed by atoms with Crippen molar-refractivity contribution in [1.82, 2.24) is 0 Å². The van der Waals surface area contributed by atoms with E-state index in [1.165, 1.54) is 0 Å². The summed E-state index contributed by atoms with van der Waals surface area (Å²) in [6.45, 7) is 0. The van der Waals surface area contributed by atoms with Gasteiger partial charge >= 0.3 is 5.63 Å². The van der Waals surface area contributed by atoms with Crippen molar-refractivity contribution in [2.45, 2.75) is 5.92 Å². The summed E-state index contributed by atoms with van der Waals surface area (Å²) in [6.07, 6.45) is 0. The van der Waals surface area contributed by atoms with E-state index in [9.17, 15) is 10.1 Å². The van der Waals surface area contributed by atoms with Crippen LogP contribution in [0.2, 0.25) is 0 Å². The number of nitrogens with one attached hydrogen (secondary N) is 1. The third-order valence-corrected chi connectivity index (χ3v) is 4.83. The molecule has 0 fully saturated rings. The summed E-state index contributed by atoms with van der Waals surface area (Å²) in [5, 5.41) is 18.3. The Hall–Kier alpha value is -2.91. The summed E-state index contributed by atoms with van der Waals surface area (Å²) in [4.78, 5) is 12.7. The molecule has 0 bridgehead atoms. The lowest BCUT2D eigenvalue weighted by Crippen LogP contribution is -2.34. The van der Waals surface area contributed by atoms with Crippen molar-refractivity contribution in [1.29, 1.82) is 10.7 Å². The third-order valence-electron chi connectivity index (χ3n) is 4.31. The van der Waals surface area contributed by atoms with Crippen LogP contribution in [0.25, 0.3) is 11.0 Å². The smallest absolute Gasteiger partial charge is 0.343 e. The molecule has 0 saturated heterocycles. The minimum Gasteiger partial charge on any atom is -0.441 e. The predicted molar refractivity (Wildman–Crippen MR) is 95.9 cm³/mol. The van der Waals surface area contributed by atoms with Crippen LogP contribution in [0.4, 0.5) is 0 Å². The van der Waals surface area contributed by atoms with Crippen molar-refractivity contribution in [3.8, 4) is 11.8 Å². The monoisotopic (exact) mass is 394 g/mol. The molecule has 0 unspecified atom stereocenters. The number of nitriles is 1. The van der Waals surface area contributed by atoms with Gasteiger partial charge in [-0.1, -0.05) is 40.2 Å². The van der Waals surface area contributed by atoms with E-state index in [0.29, 0.717) is 16.7 Å². The maximum Gasteiger partial charge on any atom is 0.343 e. The van der Waals surface area contributed by atoms with Gasteiger partial charge in [0.05, 0.1) is 17.0 Å². The molecule has 5 nitrogen and oxygen atoms in total. The second-order valence-corrected chi connectivity index (χ2v) is 6.65. The molecule has 0 aliphatic carbocycles. The van der Waals surface area contributed by atoms with Crippen molar-refractivity contribution in [2.24, 2.45) is 5.92 Å². The fraction of sp³-hybridized carbons (Fsp3) is 0.105. The lowest BCUT2D eigenvalue weighted by Gasteiger charge is -2.29. The molecule has 0 amide bonds. The summed E-state index contributed by atoms with van der Waals surface area (Å²) < 4.78 is 11.9. The van der Waals surface area contributed by atoms with Crippen molar-refractivity contribution >= 4 is 32.8 Å². The first kappa shape index (κ1) is 15.6. The van der Waals surface area contributed by atoms with Crippen LogP contribution >= 0.6 is 15.9 Å². The van der Waals surface area contributed by atoms with Gasteiger partial charge in [-0.25, -0.2) is 4.79 Å². The standard InChI is InChI=1S/C19H11BrN2O3/c20-11-7-5-10(6-8-11)15-13(9-21)18(22)25-17-12-3-1-2-4-14(12)24-19(23)16(15)17/h1-8,13,15,22H/t13-,15-/m1/s1. The van der Waals surface area contributed by atoms with E-state index in [2.05, 4.69) is 22.0 Å². The van der Waals surface area contributed by atoms with Crippen LogP contribution in [0.3, 0.4) is 0 Å². The number of fused-ring (bicyclic) bond motifs is 3. The van der Waals surface area contributed by atoms with E-state index in [0.717, 1.165) is 10.0 Å². The van der Waals surface area contributed by atoms with E-state index in [4.69, 9.17) is 14.6 Å². The maximum atomic E-state index is 12.7. The Labute approximate surface area is 151 Å². The highest BCUT2D eigenvalue weighted by Crippen LogP contribution is 2.43. The van der Waals surface area contributed by atoms with E-state index < -0.39 is 17.5 Å². The fourth-order valence-corrected chi connectivity index (χ4v) is 3.43. The third kappa shape index (κ3) is 2.44. The normalized spacial score (nSPS) is 19.1. The largest absolute Gasteiger partial charge is 0.441 e. The first-order valence-electron chi connectivity index (χ1n) is 7.57. The Kier molecular flexibility index (Phi) is 3.66. The zero-order chi connectivity index (χ0) is 17.6. The van der Waals surface area contributed by atoms with Gasteiger partial charge in [-0.3, -0.25) is 5.41 Å². The van der Waals surface area contributed by atoms with Gasteiger partial charge in [-0.2, -0.15) is 5.26 Å². The van der Waals surface area contributed by atoms with Crippen molar-refractivity contribution in [3.05, 3.63) is 74.6 Å². The summed E-state index contributed by atoms with van der Waals surface area (Å²) >= 11 is 3.38. The molecule has 1 aliphatic heterocycles. The Morgan fingerprint density at radius 1 is 1.12 bits per heavy atom. The molecular weight excluding hydrogens is 384 g/mol. The molecule has 4 rings (SSSR count). The predicted octanol–water partition coefficient (Wildman–Crippen LogP) is 4.20. The van der Waals surface area contributed by atoms with Gasteiger partial charge in [0.15, 0.2) is 5.75 Å². The van der Waals surface area contributed by atoms with Gasteiger partial charge in [0, 0.05) is 10.4 Å². The van der Waals surface area contributed by atoms with Crippen LogP contribution in [0.5, 0.6) is 5.75 Å². The van der Waals surface area contributed by atoms with Gasteiger partial charge in [-0.15, -0.1) is 0 Å². The number of halogens is 1. The molecule has 2 atom stereocenters. The summed E-state index contributed by atoms with van der Waals surface area (Å²) in [7, 11) is 0. The topological polar surface area (TPSA) is 87.1 Å². The molecule has 2 heterocycles. The van der Waals surface area contributed by atoms with Gasteiger partial charge in [-0.05, 0) is 29.8 Å². The molecule has 1 N–H and O–H groups in total. The summed E-state index contributed by atoms with van der Waals surface area (Å²) in [5.41, 5.74) is 0.883. The molecular formula is C19H11BrN2O3. The van der Waals surface area contributed by atoms with Gasteiger partial charge < -0.3 is 9.15 Å².